The van der Waals surface area contributed by atoms with Crippen molar-refractivity contribution < 1.29 is 0 Å². The highest BCUT2D eigenvalue weighted by Gasteiger charge is 2.24. The molecule has 0 saturated carbocycles. The Morgan fingerprint density at radius 2 is 2.14 bits per heavy atom. The van der Waals surface area contributed by atoms with Gasteiger partial charge in [-0.1, -0.05) is 17.7 Å². The van der Waals surface area contributed by atoms with Crippen LogP contribution in [0.1, 0.15) is 18.9 Å². The molecule has 2 aromatic rings. The zero-order chi connectivity index (χ0) is 14.8. The highest BCUT2D eigenvalue weighted by atomic mass is 35.5. The number of anilines is 1. The molecule has 1 aliphatic heterocycles. The lowest BCUT2D eigenvalue weighted by molar-refractivity contribution is 0.395. The van der Waals surface area contributed by atoms with E-state index in [4.69, 9.17) is 23.2 Å². The first-order chi connectivity index (χ1) is 10.1. The summed E-state index contributed by atoms with van der Waals surface area (Å²) in [5.74, 6) is 0.630. The number of nitrogens with zero attached hydrogens (tertiary/aromatic N) is 4. The van der Waals surface area contributed by atoms with E-state index in [1.54, 1.807) is 16.7 Å². The zero-order valence-electron chi connectivity index (χ0n) is 11.2. The summed E-state index contributed by atoms with van der Waals surface area (Å²) in [6, 6.07) is 5.31. The maximum absolute atomic E-state index is 12.0. The van der Waals surface area contributed by atoms with Crippen LogP contribution in [0.5, 0.6) is 0 Å². The topological polar surface area (TPSA) is 51.0 Å². The molecule has 1 saturated heterocycles. The van der Waals surface area contributed by atoms with E-state index in [2.05, 4.69) is 14.9 Å². The lowest BCUT2D eigenvalue weighted by Gasteiger charge is -2.34. The predicted molar refractivity (Wildman–Crippen MR) is 83.2 cm³/mol. The van der Waals surface area contributed by atoms with E-state index in [1.165, 1.54) is 6.20 Å². The van der Waals surface area contributed by atoms with Gasteiger partial charge in [0.2, 0.25) is 5.28 Å². The number of aromatic nitrogens is 3. The van der Waals surface area contributed by atoms with Crippen LogP contribution < -0.4 is 10.5 Å². The fraction of sp³-hybridized carbons (Fsp3) is 0.357. The minimum Gasteiger partial charge on any atom is -0.353 e. The number of piperidine rings is 1. The number of hydrogen-bond acceptors (Lipinski definition) is 4. The molecule has 0 amide bonds. The molecule has 1 atom stereocenters. The van der Waals surface area contributed by atoms with E-state index in [-0.39, 0.29) is 16.9 Å². The summed E-state index contributed by atoms with van der Waals surface area (Å²) in [6.45, 7) is 1.52. The lowest BCUT2D eigenvalue weighted by Crippen LogP contribution is -2.40. The first-order valence-corrected chi connectivity index (χ1v) is 7.51. The summed E-state index contributed by atoms with van der Waals surface area (Å²) in [5, 5.41) is 0.647. The van der Waals surface area contributed by atoms with Gasteiger partial charge in [0, 0.05) is 25.4 Å². The molecule has 0 bridgehead atoms. The van der Waals surface area contributed by atoms with Crippen LogP contribution in [0, 0.1) is 0 Å². The third-order valence-electron chi connectivity index (χ3n) is 3.64. The van der Waals surface area contributed by atoms with E-state index >= 15 is 0 Å². The molecule has 0 aromatic carbocycles. The molecule has 0 spiro atoms. The highest BCUT2D eigenvalue weighted by molar-refractivity contribution is 6.33. The Hall–Kier alpha value is -1.59. The molecule has 7 heteroatoms. The highest BCUT2D eigenvalue weighted by Crippen LogP contribution is 2.29. The van der Waals surface area contributed by atoms with Crippen molar-refractivity contribution in [2.24, 2.45) is 0 Å². The quantitative estimate of drug-likeness (QED) is 0.797. The van der Waals surface area contributed by atoms with Gasteiger partial charge in [0.25, 0.3) is 5.56 Å². The van der Waals surface area contributed by atoms with Crippen molar-refractivity contribution in [3.63, 3.8) is 0 Å². The SMILES string of the molecule is O=c1ccccn1C1CCCN(c2nc(Cl)ncc2Cl)C1. The molecule has 21 heavy (non-hydrogen) atoms. The average molecular weight is 325 g/mol. The van der Waals surface area contributed by atoms with Crippen molar-refractivity contribution in [2.75, 3.05) is 18.0 Å². The molecule has 0 aliphatic carbocycles. The Morgan fingerprint density at radius 3 is 2.95 bits per heavy atom. The molecule has 3 heterocycles. The summed E-state index contributed by atoms with van der Waals surface area (Å²) in [7, 11) is 0. The molecule has 2 aromatic heterocycles. The molecule has 0 N–H and O–H groups in total. The predicted octanol–water partition coefficient (Wildman–Crippen LogP) is 2.79. The first kappa shape index (κ1) is 14.4. The number of halogens is 2. The number of rotatable bonds is 2. The average Bonchev–Trinajstić information content (AvgIpc) is 2.50. The van der Waals surface area contributed by atoms with Gasteiger partial charge in [-0.15, -0.1) is 0 Å². The number of pyridine rings is 1. The molecular formula is C14H14Cl2N4O. The normalized spacial score (nSPS) is 18.8. The monoisotopic (exact) mass is 324 g/mol. The fourth-order valence-electron chi connectivity index (χ4n) is 2.67. The fourth-order valence-corrected chi connectivity index (χ4v) is 3.01. The standard InChI is InChI=1S/C14H14Cl2N4O/c15-11-8-17-14(16)18-13(11)19-6-3-4-10(9-19)20-7-2-1-5-12(20)21/h1-2,5,7-8,10H,3-4,6,9H2. The molecular weight excluding hydrogens is 311 g/mol. The lowest BCUT2D eigenvalue weighted by atomic mass is 10.1. The summed E-state index contributed by atoms with van der Waals surface area (Å²) < 4.78 is 1.77. The Labute approximate surface area is 132 Å². The maximum Gasteiger partial charge on any atom is 0.250 e. The smallest absolute Gasteiger partial charge is 0.250 e. The van der Waals surface area contributed by atoms with Gasteiger partial charge in [0.05, 0.1) is 12.2 Å². The van der Waals surface area contributed by atoms with Gasteiger partial charge in [0.1, 0.15) is 5.02 Å². The van der Waals surface area contributed by atoms with Crippen LogP contribution in [-0.4, -0.2) is 27.6 Å². The van der Waals surface area contributed by atoms with Gasteiger partial charge in [0.15, 0.2) is 5.82 Å². The van der Waals surface area contributed by atoms with E-state index in [9.17, 15) is 4.79 Å². The van der Waals surface area contributed by atoms with Crippen molar-refractivity contribution >= 4 is 29.0 Å². The second-order valence-electron chi connectivity index (χ2n) is 5.00. The summed E-state index contributed by atoms with van der Waals surface area (Å²) in [4.78, 5) is 22.1. The molecule has 110 valence electrons. The Bertz CT molecular complexity index is 703. The molecule has 1 aliphatic rings. The third kappa shape index (κ3) is 3.04. The number of hydrogen-bond donors (Lipinski definition) is 0. The van der Waals surface area contributed by atoms with Crippen LogP contribution in [0.15, 0.2) is 35.4 Å². The van der Waals surface area contributed by atoms with Crippen molar-refractivity contribution in [1.29, 1.82) is 0 Å². The summed E-state index contributed by atoms with van der Waals surface area (Å²) in [6.07, 6.45) is 5.25. The van der Waals surface area contributed by atoms with Crippen molar-refractivity contribution in [1.82, 2.24) is 14.5 Å². The van der Waals surface area contributed by atoms with Gasteiger partial charge < -0.3 is 9.47 Å². The zero-order valence-corrected chi connectivity index (χ0v) is 12.8. The Balaban J connectivity index is 1.88. The second-order valence-corrected chi connectivity index (χ2v) is 5.74. The van der Waals surface area contributed by atoms with Gasteiger partial charge in [-0.05, 0) is 30.5 Å². The van der Waals surface area contributed by atoms with Crippen molar-refractivity contribution in [3.8, 4) is 0 Å². The maximum atomic E-state index is 12.0. The molecule has 0 radical (unpaired) electrons. The second kappa shape index (κ2) is 6.03. The third-order valence-corrected chi connectivity index (χ3v) is 4.09. The van der Waals surface area contributed by atoms with Crippen LogP contribution in [0.25, 0.3) is 0 Å². The minimum absolute atomic E-state index is 0.0103. The van der Waals surface area contributed by atoms with E-state index < -0.39 is 0 Å². The van der Waals surface area contributed by atoms with Crippen molar-refractivity contribution in [3.05, 3.63) is 51.3 Å². The van der Waals surface area contributed by atoms with Gasteiger partial charge in [-0.25, -0.2) is 4.98 Å². The van der Waals surface area contributed by atoms with E-state index in [1.807, 2.05) is 12.3 Å². The van der Waals surface area contributed by atoms with Crippen LogP contribution in [-0.2, 0) is 0 Å². The van der Waals surface area contributed by atoms with Crippen LogP contribution in [0.2, 0.25) is 10.3 Å². The summed E-state index contributed by atoms with van der Waals surface area (Å²) in [5.41, 5.74) is 0.0103. The molecule has 1 unspecified atom stereocenters. The molecule has 1 fully saturated rings. The van der Waals surface area contributed by atoms with Crippen LogP contribution in [0.3, 0.4) is 0 Å². The molecule has 5 nitrogen and oxygen atoms in total. The van der Waals surface area contributed by atoms with E-state index in [0.717, 1.165) is 19.4 Å². The van der Waals surface area contributed by atoms with Crippen LogP contribution in [0.4, 0.5) is 5.82 Å². The molecule has 3 rings (SSSR count). The van der Waals surface area contributed by atoms with Crippen LogP contribution >= 0.6 is 23.2 Å². The van der Waals surface area contributed by atoms with Gasteiger partial charge in [-0.3, -0.25) is 4.79 Å². The summed E-state index contributed by atoms with van der Waals surface area (Å²) >= 11 is 12.0. The van der Waals surface area contributed by atoms with Crippen molar-refractivity contribution in [2.45, 2.75) is 18.9 Å². The van der Waals surface area contributed by atoms with E-state index in [0.29, 0.717) is 17.4 Å². The minimum atomic E-state index is 0.0103. The Kier molecular flexibility index (Phi) is 4.12. The largest absolute Gasteiger partial charge is 0.353 e. The Morgan fingerprint density at radius 1 is 1.29 bits per heavy atom. The van der Waals surface area contributed by atoms with Gasteiger partial charge >= 0.3 is 0 Å². The first-order valence-electron chi connectivity index (χ1n) is 6.75. The van der Waals surface area contributed by atoms with Gasteiger partial charge in [-0.2, -0.15) is 4.98 Å².